The lowest BCUT2D eigenvalue weighted by atomic mass is 9.84. The summed E-state index contributed by atoms with van der Waals surface area (Å²) in [7, 11) is 0. The monoisotopic (exact) mass is 443 g/mol. The van der Waals surface area contributed by atoms with Gasteiger partial charge in [0.2, 0.25) is 5.28 Å². The lowest BCUT2D eigenvalue weighted by Crippen LogP contribution is -2.41. The second kappa shape index (κ2) is 7.10. The fourth-order valence-corrected chi connectivity index (χ4v) is 6.35. The smallest absolute Gasteiger partial charge is 0.224 e. The van der Waals surface area contributed by atoms with Crippen LogP contribution in [0.5, 0.6) is 0 Å². The summed E-state index contributed by atoms with van der Waals surface area (Å²) in [6.07, 6.45) is 3.20. The molecule has 0 aromatic carbocycles. The van der Waals surface area contributed by atoms with E-state index < -0.39 is 5.60 Å². The van der Waals surface area contributed by atoms with Gasteiger partial charge in [-0.2, -0.15) is 4.98 Å². The van der Waals surface area contributed by atoms with Gasteiger partial charge < -0.3 is 14.7 Å². The third-order valence-corrected chi connectivity index (χ3v) is 8.00. The lowest BCUT2D eigenvalue weighted by molar-refractivity contribution is -0.0469. The molecule has 6 heterocycles. The molecule has 30 heavy (non-hydrogen) atoms. The van der Waals surface area contributed by atoms with E-state index in [9.17, 15) is 5.11 Å². The van der Waals surface area contributed by atoms with Crippen LogP contribution in [-0.2, 0) is 16.9 Å². The number of aromatic nitrogens is 3. The molecule has 0 bridgehead atoms. The van der Waals surface area contributed by atoms with E-state index in [0.717, 1.165) is 52.8 Å². The van der Waals surface area contributed by atoms with Gasteiger partial charge in [-0.25, -0.2) is 4.98 Å². The molecule has 0 saturated carbocycles. The molecule has 9 heteroatoms. The molecule has 2 atom stereocenters. The van der Waals surface area contributed by atoms with Crippen LogP contribution in [0.4, 0.5) is 5.82 Å². The zero-order valence-electron chi connectivity index (χ0n) is 16.4. The van der Waals surface area contributed by atoms with Crippen molar-refractivity contribution in [3.63, 3.8) is 0 Å². The highest BCUT2D eigenvalue weighted by atomic mass is 35.5. The Morgan fingerprint density at radius 1 is 1.23 bits per heavy atom. The van der Waals surface area contributed by atoms with Gasteiger partial charge in [-0.05, 0) is 35.7 Å². The minimum atomic E-state index is -0.890. The Hall–Kier alpha value is -1.84. The predicted molar refractivity (Wildman–Crippen MR) is 116 cm³/mol. The van der Waals surface area contributed by atoms with Gasteiger partial charge in [0.1, 0.15) is 5.60 Å². The third-order valence-electron chi connectivity index (χ3n) is 6.52. The SMILES string of the molecule is OC1(c2cc3nc(Cl)nc(N4CCOCC4)c3s2)CCN2Cc3ncccc3C2C1. The van der Waals surface area contributed by atoms with E-state index in [1.807, 2.05) is 18.3 Å². The summed E-state index contributed by atoms with van der Waals surface area (Å²) in [6, 6.07) is 6.34. The van der Waals surface area contributed by atoms with Crippen molar-refractivity contribution in [2.75, 3.05) is 37.7 Å². The van der Waals surface area contributed by atoms with Gasteiger partial charge in [-0.3, -0.25) is 9.88 Å². The van der Waals surface area contributed by atoms with Crippen LogP contribution in [0.2, 0.25) is 5.28 Å². The van der Waals surface area contributed by atoms with Gasteiger partial charge in [0.15, 0.2) is 5.82 Å². The minimum Gasteiger partial charge on any atom is -0.384 e. The Bertz CT molecular complexity index is 1120. The largest absolute Gasteiger partial charge is 0.384 e. The number of hydrogen-bond acceptors (Lipinski definition) is 8. The molecule has 3 aliphatic heterocycles. The van der Waals surface area contributed by atoms with Crippen LogP contribution in [0, 0.1) is 0 Å². The van der Waals surface area contributed by atoms with Crippen molar-refractivity contribution < 1.29 is 9.84 Å². The molecule has 2 unspecified atom stereocenters. The minimum absolute atomic E-state index is 0.200. The van der Waals surface area contributed by atoms with Crippen molar-refractivity contribution in [1.82, 2.24) is 19.9 Å². The average molecular weight is 444 g/mol. The molecule has 3 aromatic heterocycles. The molecule has 0 spiro atoms. The molecule has 2 fully saturated rings. The van der Waals surface area contributed by atoms with Crippen molar-refractivity contribution >= 4 is 39.0 Å². The van der Waals surface area contributed by atoms with Crippen LogP contribution in [0.15, 0.2) is 24.4 Å². The number of nitrogens with zero attached hydrogens (tertiary/aromatic N) is 5. The van der Waals surface area contributed by atoms with Gasteiger partial charge in [0, 0.05) is 49.7 Å². The molecule has 7 nitrogen and oxygen atoms in total. The Morgan fingerprint density at radius 3 is 2.97 bits per heavy atom. The number of thiophene rings is 1. The molecule has 1 N–H and O–H groups in total. The Kier molecular flexibility index (Phi) is 4.47. The first kappa shape index (κ1) is 18.9. The Morgan fingerprint density at radius 2 is 2.10 bits per heavy atom. The maximum atomic E-state index is 11.7. The van der Waals surface area contributed by atoms with Crippen LogP contribution in [0.1, 0.15) is 35.0 Å². The van der Waals surface area contributed by atoms with Crippen LogP contribution in [0.25, 0.3) is 10.2 Å². The highest BCUT2D eigenvalue weighted by Gasteiger charge is 2.45. The second-order valence-electron chi connectivity index (χ2n) is 8.25. The molecule has 3 aliphatic rings. The molecule has 156 valence electrons. The first-order chi connectivity index (χ1) is 14.6. The fourth-order valence-electron chi connectivity index (χ4n) is 4.94. The zero-order valence-corrected chi connectivity index (χ0v) is 18.0. The van der Waals surface area contributed by atoms with Crippen molar-refractivity contribution in [3.8, 4) is 0 Å². The van der Waals surface area contributed by atoms with E-state index in [1.54, 1.807) is 11.3 Å². The maximum absolute atomic E-state index is 11.7. The van der Waals surface area contributed by atoms with Crippen LogP contribution < -0.4 is 4.90 Å². The number of halogens is 1. The summed E-state index contributed by atoms with van der Waals surface area (Å²) in [5.74, 6) is 0.848. The van der Waals surface area contributed by atoms with E-state index in [-0.39, 0.29) is 11.3 Å². The second-order valence-corrected chi connectivity index (χ2v) is 9.64. The van der Waals surface area contributed by atoms with Crippen LogP contribution >= 0.6 is 22.9 Å². The summed E-state index contributed by atoms with van der Waals surface area (Å²) >= 11 is 7.85. The number of ether oxygens (including phenoxy) is 1. The summed E-state index contributed by atoms with van der Waals surface area (Å²) in [5.41, 5.74) is 2.29. The predicted octanol–water partition coefficient (Wildman–Crippen LogP) is 3.11. The van der Waals surface area contributed by atoms with Crippen molar-refractivity contribution in [2.45, 2.75) is 31.0 Å². The number of piperidine rings is 1. The van der Waals surface area contributed by atoms with E-state index in [2.05, 4.69) is 30.8 Å². The normalized spacial score (nSPS) is 26.7. The number of pyridine rings is 1. The fraction of sp³-hybridized carbons (Fsp3) is 0.476. The van der Waals surface area contributed by atoms with Gasteiger partial charge in [-0.1, -0.05) is 6.07 Å². The van der Waals surface area contributed by atoms with E-state index in [4.69, 9.17) is 16.3 Å². The number of anilines is 1. The van der Waals surface area contributed by atoms with Gasteiger partial charge in [-0.15, -0.1) is 11.3 Å². The summed E-state index contributed by atoms with van der Waals surface area (Å²) < 4.78 is 6.47. The first-order valence-electron chi connectivity index (χ1n) is 10.3. The number of aliphatic hydroxyl groups is 1. The topological polar surface area (TPSA) is 74.6 Å². The molecule has 3 aromatic rings. The summed E-state index contributed by atoms with van der Waals surface area (Å²) in [5, 5.41) is 12.0. The first-order valence-corrected chi connectivity index (χ1v) is 11.5. The quantitative estimate of drug-likeness (QED) is 0.610. The highest BCUT2D eigenvalue weighted by molar-refractivity contribution is 7.19. The highest BCUT2D eigenvalue weighted by Crippen LogP contribution is 2.49. The van der Waals surface area contributed by atoms with Gasteiger partial charge in [0.25, 0.3) is 0 Å². The van der Waals surface area contributed by atoms with Gasteiger partial charge >= 0.3 is 0 Å². The number of fused-ring (bicyclic) bond motifs is 4. The maximum Gasteiger partial charge on any atom is 0.224 e. The van der Waals surface area contributed by atoms with E-state index >= 15 is 0 Å². The Labute approximate surface area is 183 Å². The summed E-state index contributed by atoms with van der Waals surface area (Å²) in [4.78, 5) is 19.1. The lowest BCUT2D eigenvalue weighted by Gasteiger charge is -2.40. The van der Waals surface area contributed by atoms with E-state index in [1.165, 1.54) is 5.56 Å². The molecule has 2 saturated heterocycles. The van der Waals surface area contributed by atoms with Crippen molar-refractivity contribution in [3.05, 3.63) is 45.8 Å². The summed E-state index contributed by atoms with van der Waals surface area (Å²) in [6.45, 7) is 4.62. The van der Waals surface area contributed by atoms with Crippen molar-refractivity contribution in [1.29, 1.82) is 0 Å². The Balaban J connectivity index is 1.38. The standard InChI is InChI=1S/C21H22ClN5O2S/c22-20-24-14-10-17(30-18(14)19(25-20)26-6-8-29-9-7-26)21(28)3-5-27-12-15-13(16(27)11-21)2-1-4-23-15/h1-2,4,10,16,28H,3,5-9,11-12H2. The third kappa shape index (κ3) is 3.01. The number of morpholine rings is 1. The van der Waals surface area contributed by atoms with E-state index in [0.29, 0.717) is 26.1 Å². The number of hydrogen-bond donors (Lipinski definition) is 1. The average Bonchev–Trinajstić information content (AvgIpc) is 3.35. The number of rotatable bonds is 2. The molecule has 6 rings (SSSR count). The van der Waals surface area contributed by atoms with Crippen molar-refractivity contribution in [2.24, 2.45) is 0 Å². The molecular weight excluding hydrogens is 422 g/mol. The molecule has 0 aliphatic carbocycles. The zero-order chi connectivity index (χ0) is 20.3. The van der Waals surface area contributed by atoms with Crippen LogP contribution in [-0.4, -0.2) is 57.8 Å². The molecular formula is C21H22ClN5O2S. The molecule has 0 radical (unpaired) electrons. The molecule has 0 amide bonds. The van der Waals surface area contributed by atoms with Gasteiger partial charge in [0.05, 0.1) is 29.1 Å². The van der Waals surface area contributed by atoms with Crippen LogP contribution in [0.3, 0.4) is 0 Å².